The number of carbonyl (C=O) groups excluding carboxylic acids is 1. The van der Waals surface area contributed by atoms with E-state index >= 15 is 0 Å². The molecule has 3 N–H and O–H groups in total. The molecule has 0 saturated heterocycles. The Hall–Kier alpha value is -1.78. The zero-order chi connectivity index (χ0) is 14.8. The van der Waals surface area contributed by atoms with Gasteiger partial charge in [-0.05, 0) is 24.3 Å². The lowest BCUT2D eigenvalue weighted by Crippen LogP contribution is -2.39. The highest BCUT2D eigenvalue weighted by molar-refractivity contribution is 5.95. The predicted octanol–water partition coefficient (Wildman–Crippen LogP) is 2.83. The second kappa shape index (κ2) is 5.69. The first-order chi connectivity index (χ1) is 9.44. The molecule has 0 aromatic carbocycles. The van der Waals surface area contributed by atoms with Crippen molar-refractivity contribution >= 4 is 17.5 Å². The van der Waals surface area contributed by atoms with Crippen molar-refractivity contribution < 1.29 is 9.53 Å². The van der Waals surface area contributed by atoms with Crippen LogP contribution in [0.3, 0.4) is 0 Å². The van der Waals surface area contributed by atoms with Crippen molar-refractivity contribution in [2.45, 2.75) is 45.6 Å². The van der Waals surface area contributed by atoms with Crippen LogP contribution in [0, 0.1) is 5.41 Å². The molecule has 1 aliphatic rings. The average Bonchev–Trinajstić information content (AvgIpc) is 2.41. The maximum absolute atomic E-state index is 11.8. The zero-order valence-corrected chi connectivity index (χ0v) is 12.4. The van der Waals surface area contributed by atoms with E-state index in [0.29, 0.717) is 23.1 Å². The van der Waals surface area contributed by atoms with Gasteiger partial charge >= 0.3 is 5.97 Å². The summed E-state index contributed by atoms with van der Waals surface area (Å²) < 4.78 is 4.80. The summed E-state index contributed by atoms with van der Waals surface area (Å²) >= 11 is 0. The number of hydrogen-bond acceptors (Lipinski definition) is 5. The summed E-state index contributed by atoms with van der Waals surface area (Å²) in [6.45, 7) is 4.50. The first-order valence-corrected chi connectivity index (χ1v) is 7.04. The summed E-state index contributed by atoms with van der Waals surface area (Å²) in [7, 11) is 1.36. The molecular weight excluding hydrogens is 254 g/mol. The molecule has 1 unspecified atom stereocenters. The van der Waals surface area contributed by atoms with Gasteiger partial charge in [0.25, 0.3) is 0 Å². The summed E-state index contributed by atoms with van der Waals surface area (Å²) in [4.78, 5) is 16.1. The van der Waals surface area contributed by atoms with Crippen LogP contribution in [0.5, 0.6) is 0 Å². The van der Waals surface area contributed by atoms with Crippen molar-refractivity contribution in [3.8, 4) is 0 Å². The van der Waals surface area contributed by atoms with Gasteiger partial charge < -0.3 is 15.8 Å². The molecule has 1 aromatic rings. The van der Waals surface area contributed by atoms with E-state index in [2.05, 4.69) is 24.1 Å². The van der Waals surface area contributed by atoms with Crippen molar-refractivity contribution in [2.24, 2.45) is 5.41 Å². The van der Waals surface area contributed by atoms with E-state index in [4.69, 9.17) is 10.5 Å². The Morgan fingerprint density at radius 1 is 1.50 bits per heavy atom. The molecule has 110 valence electrons. The van der Waals surface area contributed by atoms with Crippen LogP contribution in [-0.2, 0) is 4.74 Å². The fourth-order valence-electron chi connectivity index (χ4n) is 2.79. The summed E-state index contributed by atoms with van der Waals surface area (Å²) in [5.41, 5.74) is 6.75. The molecular formula is C15H23N3O2. The molecule has 0 aliphatic heterocycles. The van der Waals surface area contributed by atoms with E-state index in [-0.39, 0.29) is 5.41 Å². The van der Waals surface area contributed by atoms with Crippen molar-refractivity contribution in [1.82, 2.24) is 4.98 Å². The molecule has 1 aromatic heterocycles. The van der Waals surface area contributed by atoms with Crippen molar-refractivity contribution in [3.63, 3.8) is 0 Å². The third-order valence-electron chi connectivity index (χ3n) is 4.13. The standard InChI is InChI=1S/C15H23N3O2/c1-15(2)7-5-4-6-12(15)18-13-11(14(19)20-3)8-10(16)9-17-13/h8-9,12H,4-7,16H2,1-3H3,(H,17,18). The van der Waals surface area contributed by atoms with Crippen molar-refractivity contribution in [2.75, 3.05) is 18.2 Å². The number of esters is 1. The molecule has 20 heavy (non-hydrogen) atoms. The van der Waals surface area contributed by atoms with Gasteiger partial charge in [0.05, 0.1) is 19.0 Å². The fourth-order valence-corrected chi connectivity index (χ4v) is 2.79. The summed E-state index contributed by atoms with van der Waals surface area (Å²) in [5.74, 6) is 0.145. The van der Waals surface area contributed by atoms with E-state index in [9.17, 15) is 4.79 Å². The van der Waals surface area contributed by atoms with Gasteiger partial charge in [0.15, 0.2) is 0 Å². The molecule has 5 heteroatoms. The van der Waals surface area contributed by atoms with Gasteiger partial charge in [0.2, 0.25) is 0 Å². The zero-order valence-electron chi connectivity index (χ0n) is 12.4. The van der Waals surface area contributed by atoms with Gasteiger partial charge in [-0.25, -0.2) is 9.78 Å². The van der Waals surface area contributed by atoms with Gasteiger partial charge in [-0.15, -0.1) is 0 Å². The molecule has 2 rings (SSSR count). The number of hydrogen-bond donors (Lipinski definition) is 2. The van der Waals surface area contributed by atoms with Crippen LogP contribution in [0.2, 0.25) is 0 Å². The number of rotatable bonds is 3. The van der Waals surface area contributed by atoms with Crippen LogP contribution in [0.25, 0.3) is 0 Å². The van der Waals surface area contributed by atoms with E-state index in [1.54, 1.807) is 12.3 Å². The van der Waals surface area contributed by atoms with Crippen LogP contribution in [0.1, 0.15) is 49.9 Å². The van der Waals surface area contributed by atoms with Crippen LogP contribution in [0.4, 0.5) is 11.5 Å². The molecule has 5 nitrogen and oxygen atoms in total. The molecule has 0 radical (unpaired) electrons. The van der Waals surface area contributed by atoms with Gasteiger partial charge in [-0.2, -0.15) is 0 Å². The number of carbonyl (C=O) groups is 1. The van der Waals surface area contributed by atoms with E-state index in [1.165, 1.54) is 26.4 Å². The fraction of sp³-hybridized carbons (Fsp3) is 0.600. The lowest BCUT2D eigenvalue weighted by atomic mass is 9.73. The number of anilines is 2. The van der Waals surface area contributed by atoms with E-state index < -0.39 is 5.97 Å². The van der Waals surface area contributed by atoms with Gasteiger partial charge in [-0.3, -0.25) is 0 Å². The minimum absolute atomic E-state index is 0.189. The van der Waals surface area contributed by atoms with Crippen LogP contribution in [0.15, 0.2) is 12.3 Å². The monoisotopic (exact) mass is 277 g/mol. The summed E-state index contributed by atoms with van der Waals surface area (Å²) in [6.07, 6.45) is 6.27. The Balaban J connectivity index is 2.26. The van der Waals surface area contributed by atoms with Crippen molar-refractivity contribution in [1.29, 1.82) is 0 Å². The van der Waals surface area contributed by atoms with Gasteiger partial charge in [0, 0.05) is 6.04 Å². The Bertz CT molecular complexity index is 500. The van der Waals surface area contributed by atoms with Crippen LogP contribution in [-0.4, -0.2) is 24.1 Å². The number of nitrogens with two attached hydrogens (primary N) is 1. The Morgan fingerprint density at radius 3 is 2.90 bits per heavy atom. The second-order valence-electron chi connectivity index (χ2n) is 6.09. The molecule has 1 fully saturated rings. The number of pyridine rings is 1. The number of aromatic nitrogens is 1. The molecule has 0 spiro atoms. The molecule has 0 bridgehead atoms. The smallest absolute Gasteiger partial charge is 0.341 e. The first-order valence-electron chi connectivity index (χ1n) is 7.04. The Morgan fingerprint density at radius 2 is 2.25 bits per heavy atom. The van der Waals surface area contributed by atoms with Crippen LogP contribution < -0.4 is 11.1 Å². The maximum atomic E-state index is 11.8. The third-order valence-corrected chi connectivity index (χ3v) is 4.13. The lowest BCUT2D eigenvalue weighted by Gasteiger charge is -2.39. The highest BCUT2D eigenvalue weighted by atomic mass is 16.5. The summed E-state index contributed by atoms with van der Waals surface area (Å²) in [5, 5.41) is 3.41. The Kier molecular flexibility index (Phi) is 4.16. The van der Waals surface area contributed by atoms with Gasteiger partial charge in [0.1, 0.15) is 11.4 Å². The highest BCUT2D eigenvalue weighted by Crippen LogP contribution is 2.37. The normalized spacial score (nSPS) is 21.2. The van der Waals surface area contributed by atoms with E-state index in [1.807, 2.05) is 0 Å². The number of ether oxygens (including phenoxy) is 1. The lowest BCUT2D eigenvalue weighted by molar-refractivity contribution is 0.0601. The summed E-state index contributed by atoms with van der Waals surface area (Å²) in [6, 6.07) is 1.91. The molecule has 0 amide bonds. The molecule has 1 aliphatic carbocycles. The average molecular weight is 277 g/mol. The SMILES string of the molecule is COC(=O)c1cc(N)cnc1NC1CCCCC1(C)C. The topological polar surface area (TPSA) is 77.2 Å². The number of methoxy groups -OCH3 is 1. The number of nitrogen functional groups attached to an aromatic ring is 1. The Labute approximate surface area is 119 Å². The minimum Gasteiger partial charge on any atom is -0.465 e. The third kappa shape index (κ3) is 3.03. The predicted molar refractivity (Wildman–Crippen MR) is 79.6 cm³/mol. The number of nitrogens with zero attached hydrogens (tertiary/aromatic N) is 1. The first kappa shape index (κ1) is 14.6. The molecule has 1 atom stereocenters. The largest absolute Gasteiger partial charge is 0.465 e. The van der Waals surface area contributed by atoms with Gasteiger partial charge in [-0.1, -0.05) is 26.7 Å². The minimum atomic E-state index is -0.416. The molecule has 1 heterocycles. The van der Waals surface area contributed by atoms with Crippen LogP contribution >= 0.6 is 0 Å². The highest BCUT2D eigenvalue weighted by Gasteiger charge is 2.33. The maximum Gasteiger partial charge on any atom is 0.341 e. The number of nitrogens with one attached hydrogen (secondary N) is 1. The molecule has 1 saturated carbocycles. The van der Waals surface area contributed by atoms with Crippen molar-refractivity contribution in [3.05, 3.63) is 17.8 Å². The second-order valence-corrected chi connectivity index (χ2v) is 6.09. The van der Waals surface area contributed by atoms with E-state index in [0.717, 1.165) is 6.42 Å². The quantitative estimate of drug-likeness (QED) is 0.831.